The third-order valence-electron chi connectivity index (χ3n) is 3.83. The zero-order chi connectivity index (χ0) is 16.2. The molecule has 0 spiro atoms. The molecule has 0 radical (unpaired) electrons. The van der Waals surface area contributed by atoms with Gasteiger partial charge in [0.05, 0.1) is 17.9 Å². The summed E-state index contributed by atoms with van der Waals surface area (Å²) in [7, 11) is 0. The highest BCUT2D eigenvalue weighted by Crippen LogP contribution is 2.40. The Hall–Kier alpha value is -2.63. The van der Waals surface area contributed by atoms with Gasteiger partial charge in [-0.05, 0) is 24.3 Å². The number of amides is 2. The minimum Gasteiger partial charge on any atom is -0.347 e. The number of anilines is 1. The first-order valence-corrected chi connectivity index (χ1v) is 7.76. The number of nitrogens with zero attached hydrogens (tertiary/aromatic N) is 2. The Kier molecular flexibility index (Phi) is 4.41. The number of hydrogen-bond donors (Lipinski definition) is 2. The van der Waals surface area contributed by atoms with Crippen LogP contribution >= 0.6 is 0 Å². The van der Waals surface area contributed by atoms with Crippen LogP contribution in [0.25, 0.3) is 0 Å². The second-order valence-corrected chi connectivity index (χ2v) is 5.90. The number of aromatic nitrogens is 2. The highest BCUT2D eigenvalue weighted by atomic mass is 16.2. The zero-order valence-corrected chi connectivity index (χ0v) is 13.0. The van der Waals surface area contributed by atoms with E-state index in [0.717, 1.165) is 18.4 Å². The van der Waals surface area contributed by atoms with E-state index in [1.165, 1.54) is 17.8 Å². The van der Waals surface area contributed by atoms with Crippen LogP contribution in [-0.4, -0.2) is 21.6 Å². The molecular formula is C17H20N4O2. The average molecular weight is 312 g/mol. The standard InChI is InChI=1S/C17H20N4O2/c1-12(22)19-15-9-18-21(10-15)11-16(23)20-17(14-7-8-14)13-5-3-2-4-6-13/h2-6,9-10,14,17H,7-8,11H2,1H3,(H,19,22)(H,20,23). The van der Waals surface area contributed by atoms with Crippen LogP contribution in [0.3, 0.4) is 0 Å². The molecule has 23 heavy (non-hydrogen) atoms. The van der Waals surface area contributed by atoms with Gasteiger partial charge in [0.2, 0.25) is 11.8 Å². The molecule has 1 fully saturated rings. The molecule has 6 nitrogen and oxygen atoms in total. The summed E-state index contributed by atoms with van der Waals surface area (Å²) < 4.78 is 1.52. The van der Waals surface area contributed by atoms with Gasteiger partial charge in [-0.2, -0.15) is 5.10 Å². The van der Waals surface area contributed by atoms with E-state index in [4.69, 9.17) is 0 Å². The van der Waals surface area contributed by atoms with Gasteiger partial charge in [0, 0.05) is 13.1 Å². The fourth-order valence-corrected chi connectivity index (χ4v) is 2.65. The highest BCUT2D eigenvalue weighted by molar-refractivity contribution is 5.88. The quantitative estimate of drug-likeness (QED) is 0.857. The van der Waals surface area contributed by atoms with Crippen molar-refractivity contribution in [1.82, 2.24) is 15.1 Å². The van der Waals surface area contributed by atoms with Crippen molar-refractivity contribution in [3.63, 3.8) is 0 Å². The smallest absolute Gasteiger partial charge is 0.242 e. The first-order valence-electron chi connectivity index (χ1n) is 7.76. The third-order valence-corrected chi connectivity index (χ3v) is 3.83. The number of nitrogens with one attached hydrogen (secondary N) is 2. The number of carbonyl (C=O) groups is 2. The van der Waals surface area contributed by atoms with E-state index >= 15 is 0 Å². The maximum atomic E-state index is 12.3. The second-order valence-electron chi connectivity index (χ2n) is 5.90. The third kappa shape index (κ3) is 4.18. The molecular weight excluding hydrogens is 292 g/mol. The van der Waals surface area contributed by atoms with Crippen LogP contribution in [0.5, 0.6) is 0 Å². The molecule has 2 aromatic rings. The van der Waals surface area contributed by atoms with Crippen LogP contribution in [0.4, 0.5) is 5.69 Å². The lowest BCUT2D eigenvalue weighted by Crippen LogP contribution is -2.32. The normalized spacial score (nSPS) is 15.0. The van der Waals surface area contributed by atoms with E-state index in [-0.39, 0.29) is 24.4 Å². The Morgan fingerprint density at radius 2 is 2.04 bits per heavy atom. The average Bonchev–Trinajstić information content (AvgIpc) is 3.27. The summed E-state index contributed by atoms with van der Waals surface area (Å²) in [6.07, 6.45) is 5.47. The molecule has 0 bridgehead atoms. The van der Waals surface area contributed by atoms with Crippen molar-refractivity contribution in [2.75, 3.05) is 5.32 Å². The van der Waals surface area contributed by atoms with E-state index in [0.29, 0.717) is 11.6 Å². The lowest BCUT2D eigenvalue weighted by molar-refractivity contribution is -0.122. The van der Waals surface area contributed by atoms with Gasteiger partial charge in [0.1, 0.15) is 6.54 Å². The summed E-state index contributed by atoms with van der Waals surface area (Å²) in [4.78, 5) is 23.3. The number of carbonyl (C=O) groups excluding carboxylic acids is 2. The van der Waals surface area contributed by atoms with E-state index in [9.17, 15) is 9.59 Å². The van der Waals surface area contributed by atoms with Gasteiger partial charge in [-0.15, -0.1) is 0 Å². The lowest BCUT2D eigenvalue weighted by Gasteiger charge is -2.18. The Bertz CT molecular complexity index is 692. The molecule has 0 saturated heterocycles. The molecule has 1 aromatic heterocycles. The van der Waals surface area contributed by atoms with Crippen molar-refractivity contribution in [1.29, 1.82) is 0 Å². The molecule has 1 unspecified atom stereocenters. The summed E-state index contributed by atoms with van der Waals surface area (Å²) >= 11 is 0. The molecule has 1 aliphatic rings. The maximum absolute atomic E-state index is 12.3. The van der Waals surface area contributed by atoms with Gasteiger partial charge >= 0.3 is 0 Å². The number of hydrogen-bond acceptors (Lipinski definition) is 3. The predicted octanol–water partition coefficient (Wildman–Crippen LogP) is 2.11. The van der Waals surface area contributed by atoms with Crippen LogP contribution in [0, 0.1) is 5.92 Å². The van der Waals surface area contributed by atoms with Crippen molar-refractivity contribution in [3.8, 4) is 0 Å². The first-order chi connectivity index (χ1) is 11.1. The van der Waals surface area contributed by atoms with Crippen molar-refractivity contribution in [3.05, 3.63) is 48.3 Å². The largest absolute Gasteiger partial charge is 0.347 e. The summed E-state index contributed by atoms with van der Waals surface area (Å²) in [5.41, 5.74) is 1.73. The molecule has 1 heterocycles. The molecule has 0 aliphatic heterocycles. The van der Waals surface area contributed by atoms with Crippen LogP contribution in [0.2, 0.25) is 0 Å². The molecule has 1 atom stereocenters. The van der Waals surface area contributed by atoms with Crippen LogP contribution in [-0.2, 0) is 16.1 Å². The van der Waals surface area contributed by atoms with Gasteiger partial charge in [0.15, 0.2) is 0 Å². The Morgan fingerprint density at radius 3 is 2.70 bits per heavy atom. The zero-order valence-electron chi connectivity index (χ0n) is 13.0. The molecule has 3 rings (SSSR count). The molecule has 1 aromatic carbocycles. The Morgan fingerprint density at radius 1 is 1.30 bits per heavy atom. The van der Waals surface area contributed by atoms with Crippen molar-refractivity contribution < 1.29 is 9.59 Å². The van der Waals surface area contributed by atoms with E-state index in [2.05, 4.69) is 15.7 Å². The van der Waals surface area contributed by atoms with Gasteiger partial charge in [-0.25, -0.2) is 0 Å². The van der Waals surface area contributed by atoms with Crippen molar-refractivity contribution in [2.24, 2.45) is 5.92 Å². The number of rotatable bonds is 6. The summed E-state index contributed by atoms with van der Waals surface area (Å²) in [5, 5.41) is 9.84. The summed E-state index contributed by atoms with van der Waals surface area (Å²) in [6, 6.07) is 10.1. The van der Waals surface area contributed by atoms with Crippen molar-refractivity contribution >= 4 is 17.5 Å². The summed E-state index contributed by atoms with van der Waals surface area (Å²) in [5.74, 6) is 0.281. The fraction of sp³-hybridized carbons (Fsp3) is 0.353. The predicted molar refractivity (Wildman–Crippen MR) is 86.6 cm³/mol. The second kappa shape index (κ2) is 6.64. The molecule has 2 amide bonds. The fourth-order valence-electron chi connectivity index (χ4n) is 2.65. The topological polar surface area (TPSA) is 76.0 Å². The summed E-state index contributed by atoms with van der Waals surface area (Å²) in [6.45, 7) is 1.57. The Labute approximate surface area is 134 Å². The SMILES string of the molecule is CC(=O)Nc1cnn(CC(=O)NC(c2ccccc2)C2CC2)c1. The minimum atomic E-state index is -0.160. The first kappa shape index (κ1) is 15.3. The molecule has 2 N–H and O–H groups in total. The molecule has 6 heteroatoms. The van der Waals surface area contributed by atoms with Gasteiger partial charge in [-0.1, -0.05) is 30.3 Å². The molecule has 1 saturated carbocycles. The Balaban J connectivity index is 1.61. The molecule has 1 aliphatic carbocycles. The maximum Gasteiger partial charge on any atom is 0.242 e. The number of benzene rings is 1. The highest BCUT2D eigenvalue weighted by Gasteiger charge is 2.33. The monoisotopic (exact) mass is 312 g/mol. The van der Waals surface area contributed by atoms with E-state index < -0.39 is 0 Å². The minimum absolute atomic E-state index is 0.0640. The van der Waals surface area contributed by atoms with Crippen LogP contribution in [0.15, 0.2) is 42.7 Å². The lowest BCUT2D eigenvalue weighted by atomic mass is 10.0. The van der Waals surface area contributed by atoms with E-state index in [1.54, 1.807) is 6.20 Å². The van der Waals surface area contributed by atoms with Gasteiger partial charge < -0.3 is 10.6 Å². The van der Waals surface area contributed by atoms with Gasteiger partial charge in [-0.3, -0.25) is 14.3 Å². The van der Waals surface area contributed by atoms with E-state index in [1.807, 2.05) is 30.3 Å². The van der Waals surface area contributed by atoms with Gasteiger partial charge in [0.25, 0.3) is 0 Å². The van der Waals surface area contributed by atoms with Crippen LogP contribution in [0.1, 0.15) is 31.4 Å². The van der Waals surface area contributed by atoms with Crippen molar-refractivity contribution in [2.45, 2.75) is 32.4 Å². The molecule has 120 valence electrons. The van der Waals surface area contributed by atoms with Crippen LogP contribution < -0.4 is 10.6 Å².